The number of anilines is 2. The van der Waals surface area contributed by atoms with Crippen LogP contribution >= 0.6 is 0 Å². The molecule has 0 saturated carbocycles. The molecule has 0 fully saturated rings. The molecule has 0 aromatic heterocycles. The monoisotopic (exact) mass is 268 g/mol. The fourth-order valence-electron chi connectivity index (χ4n) is 2.62. The highest BCUT2D eigenvalue weighted by molar-refractivity contribution is 5.98. The smallest absolute Gasteiger partial charge is 0.340 e. The first kappa shape index (κ1) is 12.5. The van der Waals surface area contributed by atoms with Gasteiger partial charge in [0.1, 0.15) is 0 Å². The van der Waals surface area contributed by atoms with Gasteiger partial charge in [0.05, 0.1) is 24.0 Å². The van der Waals surface area contributed by atoms with Gasteiger partial charge in [-0.05, 0) is 23.3 Å². The highest BCUT2D eigenvalue weighted by atomic mass is 16.5. The average Bonchev–Trinajstić information content (AvgIpc) is 2.90. The van der Waals surface area contributed by atoms with E-state index in [2.05, 4.69) is 17.0 Å². The zero-order chi connectivity index (χ0) is 14.1. The second-order valence-electron chi connectivity index (χ2n) is 4.85. The van der Waals surface area contributed by atoms with Crippen molar-refractivity contribution in [2.45, 2.75) is 13.1 Å². The number of nitrogen functional groups attached to an aromatic ring is 1. The number of rotatable bonds is 2. The summed E-state index contributed by atoms with van der Waals surface area (Å²) in [4.78, 5) is 13.9. The summed E-state index contributed by atoms with van der Waals surface area (Å²) < 4.78 is 4.76. The lowest BCUT2D eigenvalue weighted by Crippen LogP contribution is -2.18. The summed E-state index contributed by atoms with van der Waals surface area (Å²) in [6.45, 7) is 1.62. The van der Waals surface area contributed by atoms with Gasteiger partial charge in [0.25, 0.3) is 0 Å². The van der Waals surface area contributed by atoms with Gasteiger partial charge in [-0.1, -0.05) is 30.3 Å². The molecule has 3 rings (SSSR count). The van der Waals surface area contributed by atoms with Gasteiger partial charge in [0.15, 0.2) is 0 Å². The van der Waals surface area contributed by atoms with Crippen LogP contribution in [0.4, 0.5) is 11.4 Å². The van der Waals surface area contributed by atoms with Crippen molar-refractivity contribution in [2.24, 2.45) is 0 Å². The molecule has 2 aromatic carbocycles. The molecule has 4 heteroatoms. The number of carbonyl (C=O) groups is 1. The lowest BCUT2D eigenvalue weighted by molar-refractivity contribution is 0.0602. The minimum Gasteiger partial charge on any atom is -0.465 e. The molecule has 1 aliphatic heterocycles. The predicted molar refractivity (Wildman–Crippen MR) is 78.5 cm³/mol. The van der Waals surface area contributed by atoms with Crippen LogP contribution in [0.2, 0.25) is 0 Å². The number of nitrogens with zero attached hydrogens (tertiary/aromatic N) is 1. The SMILES string of the molecule is COC(=O)c1cccc(N2Cc3ccccc3C2)c1N. The molecule has 0 atom stereocenters. The van der Waals surface area contributed by atoms with Gasteiger partial charge in [-0.3, -0.25) is 0 Å². The van der Waals surface area contributed by atoms with E-state index in [1.54, 1.807) is 6.07 Å². The molecule has 0 amide bonds. The number of para-hydroxylation sites is 1. The number of nitrogens with two attached hydrogens (primary N) is 1. The summed E-state index contributed by atoms with van der Waals surface area (Å²) in [7, 11) is 1.36. The number of ether oxygens (including phenoxy) is 1. The zero-order valence-electron chi connectivity index (χ0n) is 11.3. The second kappa shape index (κ2) is 4.89. The van der Waals surface area contributed by atoms with Crippen molar-refractivity contribution in [3.63, 3.8) is 0 Å². The van der Waals surface area contributed by atoms with Gasteiger partial charge in [0, 0.05) is 13.1 Å². The van der Waals surface area contributed by atoms with E-state index in [0.717, 1.165) is 18.8 Å². The van der Waals surface area contributed by atoms with E-state index in [-0.39, 0.29) is 0 Å². The van der Waals surface area contributed by atoms with Crippen LogP contribution in [-0.4, -0.2) is 13.1 Å². The minimum atomic E-state index is -0.402. The Balaban J connectivity index is 1.95. The number of carbonyl (C=O) groups excluding carboxylic acids is 1. The number of methoxy groups -OCH3 is 1. The van der Waals surface area contributed by atoms with Crippen LogP contribution in [0.1, 0.15) is 21.5 Å². The Labute approximate surface area is 117 Å². The van der Waals surface area contributed by atoms with Gasteiger partial charge >= 0.3 is 5.97 Å². The van der Waals surface area contributed by atoms with Crippen LogP contribution in [0, 0.1) is 0 Å². The molecule has 2 N–H and O–H groups in total. The molecule has 0 saturated heterocycles. The van der Waals surface area contributed by atoms with Gasteiger partial charge < -0.3 is 15.4 Å². The van der Waals surface area contributed by atoms with Crippen LogP contribution in [0.15, 0.2) is 42.5 Å². The van der Waals surface area contributed by atoms with Crippen molar-refractivity contribution in [1.82, 2.24) is 0 Å². The van der Waals surface area contributed by atoms with Crippen molar-refractivity contribution in [2.75, 3.05) is 17.7 Å². The topological polar surface area (TPSA) is 55.6 Å². The molecule has 102 valence electrons. The number of esters is 1. The normalized spacial score (nSPS) is 13.2. The third-order valence-electron chi connectivity index (χ3n) is 3.67. The maximum Gasteiger partial charge on any atom is 0.340 e. The highest BCUT2D eigenvalue weighted by Crippen LogP contribution is 2.33. The van der Waals surface area contributed by atoms with E-state index >= 15 is 0 Å². The van der Waals surface area contributed by atoms with Crippen molar-refractivity contribution in [3.8, 4) is 0 Å². The van der Waals surface area contributed by atoms with E-state index in [4.69, 9.17) is 10.5 Å². The van der Waals surface area contributed by atoms with Gasteiger partial charge in [-0.25, -0.2) is 4.79 Å². The summed E-state index contributed by atoms with van der Waals surface area (Å²) in [6, 6.07) is 13.8. The Morgan fingerprint density at radius 3 is 2.35 bits per heavy atom. The molecule has 0 bridgehead atoms. The molecule has 20 heavy (non-hydrogen) atoms. The summed E-state index contributed by atoms with van der Waals surface area (Å²) in [6.07, 6.45) is 0. The van der Waals surface area contributed by atoms with Crippen molar-refractivity contribution < 1.29 is 9.53 Å². The molecule has 0 spiro atoms. The van der Waals surface area contributed by atoms with E-state index in [0.29, 0.717) is 11.3 Å². The molecule has 2 aromatic rings. The standard InChI is InChI=1S/C16H16N2O2/c1-20-16(19)13-7-4-8-14(15(13)17)18-9-11-5-2-3-6-12(11)10-18/h2-8H,9-10,17H2,1H3. The quantitative estimate of drug-likeness (QED) is 0.672. The summed E-state index contributed by atoms with van der Waals surface area (Å²) in [5.41, 5.74) is 10.5. The summed E-state index contributed by atoms with van der Waals surface area (Å²) >= 11 is 0. The molecule has 0 unspecified atom stereocenters. The fourth-order valence-corrected chi connectivity index (χ4v) is 2.62. The highest BCUT2D eigenvalue weighted by Gasteiger charge is 2.22. The Morgan fingerprint density at radius 1 is 1.10 bits per heavy atom. The maximum atomic E-state index is 11.7. The Kier molecular flexibility index (Phi) is 3.06. The summed E-state index contributed by atoms with van der Waals surface area (Å²) in [5, 5.41) is 0. The lowest BCUT2D eigenvalue weighted by Gasteiger charge is -2.21. The Bertz CT molecular complexity index is 642. The Morgan fingerprint density at radius 2 is 1.75 bits per heavy atom. The first-order chi connectivity index (χ1) is 9.70. The first-order valence-electron chi connectivity index (χ1n) is 6.49. The Hall–Kier alpha value is -2.49. The fraction of sp³-hybridized carbons (Fsp3) is 0.188. The van der Waals surface area contributed by atoms with Gasteiger partial charge in [-0.15, -0.1) is 0 Å². The number of benzene rings is 2. The molecule has 0 radical (unpaired) electrons. The van der Waals surface area contributed by atoms with E-state index < -0.39 is 5.97 Å². The largest absolute Gasteiger partial charge is 0.465 e. The molecule has 1 aliphatic rings. The first-order valence-corrected chi connectivity index (χ1v) is 6.49. The van der Waals surface area contributed by atoms with Crippen LogP contribution in [0.25, 0.3) is 0 Å². The third kappa shape index (κ3) is 1.99. The molecular weight excluding hydrogens is 252 g/mol. The van der Waals surface area contributed by atoms with Gasteiger partial charge in [-0.2, -0.15) is 0 Å². The second-order valence-corrected chi connectivity index (χ2v) is 4.85. The molecule has 4 nitrogen and oxygen atoms in total. The zero-order valence-corrected chi connectivity index (χ0v) is 11.3. The summed E-state index contributed by atoms with van der Waals surface area (Å²) in [5.74, 6) is -0.402. The number of hydrogen-bond acceptors (Lipinski definition) is 4. The van der Waals surface area contributed by atoms with Crippen molar-refractivity contribution >= 4 is 17.3 Å². The molecular formula is C16H16N2O2. The molecule has 1 heterocycles. The maximum absolute atomic E-state index is 11.7. The number of fused-ring (bicyclic) bond motifs is 1. The minimum absolute atomic E-state index is 0.402. The van der Waals surface area contributed by atoms with E-state index in [1.165, 1.54) is 18.2 Å². The predicted octanol–water partition coefficient (Wildman–Crippen LogP) is 2.58. The van der Waals surface area contributed by atoms with Gasteiger partial charge in [0.2, 0.25) is 0 Å². The van der Waals surface area contributed by atoms with Crippen LogP contribution in [-0.2, 0) is 17.8 Å². The number of hydrogen-bond donors (Lipinski definition) is 1. The van der Waals surface area contributed by atoms with Crippen LogP contribution in [0.3, 0.4) is 0 Å². The van der Waals surface area contributed by atoms with E-state index in [9.17, 15) is 4.79 Å². The lowest BCUT2D eigenvalue weighted by atomic mass is 10.1. The average molecular weight is 268 g/mol. The van der Waals surface area contributed by atoms with E-state index in [1.807, 2.05) is 24.3 Å². The van der Waals surface area contributed by atoms with Crippen LogP contribution < -0.4 is 10.6 Å². The molecule has 0 aliphatic carbocycles. The van der Waals surface area contributed by atoms with Crippen molar-refractivity contribution in [1.29, 1.82) is 0 Å². The van der Waals surface area contributed by atoms with Crippen LogP contribution in [0.5, 0.6) is 0 Å². The third-order valence-corrected chi connectivity index (χ3v) is 3.67. The van der Waals surface area contributed by atoms with Crippen molar-refractivity contribution in [3.05, 3.63) is 59.2 Å².